The monoisotopic (exact) mass is 224 g/mol. The number of carbonyl (C=O) groups excluding carboxylic acids is 1. The van der Waals surface area contributed by atoms with E-state index in [4.69, 9.17) is 4.74 Å². The second-order valence-corrected chi connectivity index (χ2v) is 6.35. The summed E-state index contributed by atoms with van der Waals surface area (Å²) in [5, 5.41) is 0. The highest BCUT2D eigenvalue weighted by atomic mass is 16.6. The molecule has 2 aliphatic rings. The van der Waals surface area contributed by atoms with Crippen LogP contribution in [-0.2, 0) is 9.53 Å². The van der Waals surface area contributed by atoms with Crippen LogP contribution in [0, 0.1) is 23.7 Å². The molecule has 0 aliphatic heterocycles. The molecule has 2 heteroatoms. The average molecular weight is 224 g/mol. The van der Waals surface area contributed by atoms with Crippen LogP contribution in [0.4, 0.5) is 0 Å². The summed E-state index contributed by atoms with van der Waals surface area (Å²) in [6.07, 6.45) is 4.45. The van der Waals surface area contributed by atoms with Crippen molar-refractivity contribution in [1.29, 1.82) is 0 Å². The quantitative estimate of drug-likeness (QED) is 0.687. The molecule has 0 aromatic rings. The minimum atomic E-state index is -0.287. The van der Waals surface area contributed by atoms with Crippen molar-refractivity contribution in [2.75, 3.05) is 0 Å². The molecule has 4 atom stereocenters. The van der Waals surface area contributed by atoms with Gasteiger partial charge in [0.05, 0.1) is 5.92 Å². The van der Waals surface area contributed by atoms with Crippen molar-refractivity contribution in [2.24, 2.45) is 23.7 Å². The Kier molecular flexibility index (Phi) is 3.02. The van der Waals surface area contributed by atoms with Gasteiger partial charge in [0.15, 0.2) is 0 Å². The minimum Gasteiger partial charge on any atom is -0.459 e. The van der Waals surface area contributed by atoms with Crippen LogP contribution in [0.3, 0.4) is 0 Å². The topological polar surface area (TPSA) is 26.3 Å². The third kappa shape index (κ3) is 2.11. The van der Waals surface area contributed by atoms with Gasteiger partial charge in [0.25, 0.3) is 0 Å². The van der Waals surface area contributed by atoms with Gasteiger partial charge in [0, 0.05) is 0 Å². The lowest BCUT2D eigenvalue weighted by molar-refractivity contribution is -0.164. The van der Waals surface area contributed by atoms with Crippen LogP contribution in [-0.4, -0.2) is 11.6 Å². The van der Waals surface area contributed by atoms with E-state index >= 15 is 0 Å². The fraction of sp³-hybridized carbons (Fsp3) is 0.929. The first-order valence-electron chi connectivity index (χ1n) is 6.66. The maximum Gasteiger partial charge on any atom is 0.309 e. The number of esters is 1. The van der Waals surface area contributed by atoms with E-state index in [0.29, 0.717) is 5.92 Å². The van der Waals surface area contributed by atoms with Crippen molar-refractivity contribution in [3.05, 3.63) is 0 Å². The Bertz CT molecular complexity index is 280. The maximum atomic E-state index is 12.1. The van der Waals surface area contributed by atoms with Crippen LogP contribution in [0.25, 0.3) is 0 Å². The van der Waals surface area contributed by atoms with Crippen molar-refractivity contribution in [2.45, 2.75) is 59.0 Å². The largest absolute Gasteiger partial charge is 0.459 e. The predicted octanol–water partition coefficient (Wildman–Crippen LogP) is 3.40. The highest BCUT2D eigenvalue weighted by Gasteiger charge is 2.48. The van der Waals surface area contributed by atoms with E-state index in [2.05, 4.69) is 13.8 Å². The molecule has 2 fully saturated rings. The zero-order valence-electron chi connectivity index (χ0n) is 11.0. The lowest BCUT2D eigenvalue weighted by Gasteiger charge is -2.29. The molecule has 2 bridgehead atoms. The number of rotatable bonds is 3. The molecule has 0 aromatic carbocycles. The molecule has 4 unspecified atom stereocenters. The van der Waals surface area contributed by atoms with Gasteiger partial charge in [-0.1, -0.05) is 13.8 Å². The standard InChI is InChI=1S/C14H24O2/c1-5-14(3,4)16-13(15)12-8-10-7-11(12)6-9(10)2/h9-12H,5-8H2,1-4H3. The third-order valence-electron chi connectivity index (χ3n) is 4.74. The molecule has 0 saturated heterocycles. The molecule has 2 saturated carbocycles. The van der Waals surface area contributed by atoms with Gasteiger partial charge in [0.1, 0.15) is 5.60 Å². The normalized spacial score (nSPS) is 37.8. The molecular formula is C14H24O2. The summed E-state index contributed by atoms with van der Waals surface area (Å²) in [5.74, 6) is 2.49. The van der Waals surface area contributed by atoms with E-state index in [-0.39, 0.29) is 17.5 Å². The summed E-state index contributed by atoms with van der Waals surface area (Å²) < 4.78 is 5.62. The van der Waals surface area contributed by atoms with E-state index in [1.165, 1.54) is 12.8 Å². The van der Waals surface area contributed by atoms with Crippen molar-refractivity contribution in [3.63, 3.8) is 0 Å². The first-order chi connectivity index (χ1) is 7.43. The van der Waals surface area contributed by atoms with E-state index < -0.39 is 0 Å². The molecule has 92 valence electrons. The van der Waals surface area contributed by atoms with Gasteiger partial charge in [-0.2, -0.15) is 0 Å². The van der Waals surface area contributed by atoms with E-state index in [0.717, 1.165) is 24.7 Å². The Hall–Kier alpha value is -0.530. The third-order valence-corrected chi connectivity index (χ3v) is 4.74. The minimum absolute atomic E-state index is 0.0613. The van der Waals surface area contributed by atoms with Crippen molar-refractivity contribution < 1.29 is 9.53 Å². The van der Waals surface area contributed by atoms with Gasteiger partial charge >= 0.3 is 5.97 Å². The summed E-state index contributed by atoms with van der Waals surface area (Å²) in [5.41, 5.74) is -0.287. The van der Waals surface area contributed by atoms with Crippen LogP contribution in [0.15, 0.2) is 0 Å². The molecule has 0 aromatic heterocycles. The Balaban J connectivity index is 1.93. The molecular weight excluding hydrogens is 200 g/mol. The number of ether oxygens (including phenoxy) is 1. The zero-order chi connectivity index (χ0) is 11.9. The van der Waals surface area contributed by atoms with Crippen molar-refractivity contribution >= 4 is 5.97 Å². The molecule has 2 rings (SSSR count). The zero-order valence-corrected chi connectivity index (χ0v) is 11.0. The lowest BCUT2D eigenvalue weighted by Crippen LogP contribution is -2.33. The first-order valence-corrected chi connectivity index (χ1v) is 6.66. The molecule has 0 radical (unpaired) electrons. The van der Waals surface area contributed by atoms with Gasteiger partial charge in [-0.3, -0.25) is 4.79 Å². The molecule has 16 heavy (non-hydrogen) atoms. The summed E-state index contributed by atoms with van der Waals surface area (Å²) >= 11 is 0. The van der Waals surface area contributed by atoms with Crippen LogP contribution in [0.5, 0.6) is 0 Å². The summed E-state index contributed by atoms with van der Waals surface area (Å²) in [4.78, 5) is 12.1. The van der Waals surface area contributed by atoms with Crippen molar-refractivity contribution in [1.82, 2.24) is 0 Å². The van der Waals surface area contributed by atoms with Gasteiger partial charge < -0.3 is 4.74 Å². The highest BCUT2D eigenvalue weighted by Crippen LogP contribution is 2.52. The summed E-state index contributed by atoms with van der Waals surface area (Å²) in [6, 6.07) is 0. The highest BCUT2D eigenvalue weighted by molar-refractivity contribution is 5.74. The Morgan fingerprint density at radius 1 is 1.25 bits per heavy atom. The van der Waals surface area contributed by atoms with Gasteiger partial charge in [-0.25, -0.2) is 0 Å². The molecule has 0 heterocycles. The van der Waals surface area contributed by atoms with E-state index in [1.807, 2.05) is 13.8 Å². The van der Waals surface area contributed by atoms with Crippen LogP contribution >= 0.6 is 0 Å². The van der Waals surface area contributed by atoms with Crippen LogP contribution in [0.2, 0.25) is 0 Å². The Morgan fingerprint density at radius 2 is 1.94 bits per heavy atom. The second-order valence-electron chi connectivity index (χ2n) is 6.35. The molecule has 2 aliphatic carbocycles. The van der Waals surface area contributed by atoms with Crippen molar-refractivity contribution in [3.8, 4) is 0 Å². The number of fused-ring (bicyclic) bond motifs is 2. The predicted molar refractivity (Wildman–Crippen MR) is 63.9 cm³/mol. The summed E-state index contributed by atoms with van der Waals surface area (Å²) in [7, 11) is 0. The maximum absolute atomic E-state index is 12.1. The smallest absolute Gasteiger partial charge is 0.309 e. The Morgan fingerprint density at radius 3 is 2.38 bits per heavy atom. The van der Waals surface area contributed by atoms with E-state index in [9.17, 15) is 4.79 Å². The summed E-state index contributed by atoms with van der Waals surface area (Å²) in [6.45, 7) is 8.39. The fourth-order valence-electron chi connectivity index (χ4n) is 3.27. The second kappa shape index (κ2) is 4.05. The van der Waals surface area contributed by atoms with Crippen LogP contribution in [0.1, 0.15) is 53.4 Å². The molecule has 0 spiro atoms. The Labute approximate surface area is 98.7 Å². The lowest BCUT2D eigenvalue weighted by atomic mass is 9.83. The molecule has 2 nitrogen and oxygen atoms in total. The molecule has 0 N–H and O–H groups in total. The SMILES string of the molecule is CCC(C)(C)OC(=O)C1CC2CC1CC2C. The number of carbonyl (C=O) groups is 1. The number of hydrogen-bond acceptors (Lipinski definition) is 2. The number of hydrogen-bond donors (Lipinski definition) is 0. The fourth-order valence-corrected chi connectivity index (χ4v) is 3.27. The molecule has 0 amide bonds. The average Bonchev–Trinajstić information content (AvgIpc) is 2.75. The van der Waals surface area contributed by atoms with Gasteiger partial charge in [0.2, 0.25) is 0 Å². The van der Waals surface area contributed by atoms with E-state index in [1.54, 1.807) is 0 Å². The van der Waals surface area contributed by atoms with Crippen LogP contribution < -0.4 is 0 Å². The first kappa shape index (κ1) is 11.9. The van der Waals surface area contributed by atoms with Gasteiger partial charge in [-0.15, -0.1) is 0 Å². The van der Waals surface area contributed by atoms with Gasteiger partial charge in [-0.05, 0) is 57.3 Å².